The fraction of sp³-hybridized carbons (Fsp3) is 0.533. The summed E-state index contributed by atoms with van der Waals surface area (Å²) in [6.45, 7) is 6.61. The highest BCUT2D eigenvalue weighted by Crippen LogP contribution is 2.22. The van der Waals surface area contributed by atoms with Gasteiger partial charge in [0.05, 0.1) is 13.0 Å². The molecular weight excluding hydrogens is 276 g/mol. The molecule has 1 aliphatic heterocycles. The van der Waals surface area contributed by atoms with E-state index in [0.29, 0.717) is 0 Å². The Balaban J connectivity index is 0.00000200. The van der Waals surface area contributed by atoms with Gasteiger partial charge in [-0.15, -0.1) is 12.4 Å². The van der Waals surface area contributed by atoms with Crippen LogP contribution < -0.4 is 10.1 Å². The van der Waals surface area contributed by atoms with Crippen molar-refractivity contribution in [2.24, 2.45) is 0 Å². The first-order valence-electron chi connectivity index (χ1n) is 6.78. The number of ether oxygens (including phenoxy) is 1. The van der Waals surface area contributed by atoms with Crippen LogP contribution in [0.5, 0.6) is 5.75 Å². The van der Waals surface area contributed by atoms with E-state index in [4.69, 9.17) is 4.74 Å². The number of halogens is 1. The molecule has 4 nitrogen and oxygen atoms in total. The van der Waals surface area contributed by atoms with Crippen LogP contribution in [0.2, 0.25) is 0 Å². The van der Waals surface area contributed by atoms with Crippen molar-refractivity contribution in [3.05, 3.63) is 29.8 Å². The summed E-state index contributed by atoms with van der Waals surface area (Å²) in [4.78, 5) is 14.5. The fourth-order valence-electron chi connectivity index (χ4n) is 2.45. The van der Waals surface area contributed by atoms with Gasteiger partial charge in [0.15, 0.2) is 0 Å². The number of hydrogen-bond acceptors (Lipinski definition) is 3. The van der Waals surface area contributed by atoms with E-state index in [1.54, 1.807) is 7.11 Å². The molecule has 1 unspecified atom stereocenters. The van der Waals surface area contributed by atoms with Crippen LogP contribution in [0.1, 0.15) is 25.3 Å². The fourth-order valence-corrected chi connectivity index (χ4v) is 2.45. The minimum Gasteiger partial charge on any atom is -0.497 e. The third-order valence-electron chi connectivity index (χ3n) is 3.77. The van der Waals surface area contributed by atoms with Crippen molar-refractivity contribution in [2.75, 3.05) is 26.7 Å². The molecule has 1 saturated heterocycles. The Kier molecular flexibility index (Phi) is 6.30. The molecule has 1 heterocycles. The number of amides is 1. The minimum absolute atomic E-state index is 0. The molecular formula is C15H23ClN2O2. The Morgan fingerprint density at radius 1 is 1.40 bits per heavy atom. The lowest BCUT2D eigenvalue weighted by atomic mass is 9.98. The second kappa shape index (κ2) is 7.50. The van der Waals surface area contributed by atoms with Gasteiger partial charge in [0, 0.05) is 25.7 Å². The number of benzene rings is 1. The number of nitrogens with zero attached hydrogens (tertiary/aromatic N) is 1. The van der Waals surface area contributed by atoms with Gasteiger partial charge in [-0.2, -0.15) is 0 Å². The van der Waals surface area contributed by atoms with Crippen LogP contribution in [-0.2, 0) is 4.79 Å². The highest BCUT2D eigenvalue weighted by molar-refractivity contribution is 5.85. The van der Waals surface area contributed by atoms with Crippen LogP contribution >= 0.6 is 12.4 Å². The van der Waals surface area contributed by atoms with Crippen LogP contribution in [0, 0.1) is 0 Å². The Hall–Kier alpha value is -1.26. The Labute approximate surface area is 126 Å². The maximum absolute atomic E-state index is 12.5. The van der Waals surface area contributed by atoms with Gasteiger partial charge >= 0.3 is 0 Å². The molecule has 2 rings (SSSR count). The van der Waals surface area contributed by atoms with Crippen molar-refractivity contribution in [1.82, 2.24) is 10.2 Å². The summed E-state index contributed by atoms with van der Waals surface area (Å²) in [5.41, 5.74) is 1.04. The summed E-state index contributed by atoms with van der Waals surface area (Å²) in [6, 6.07) is 8.00. The molecule has 0 aromatic heterocycles. The van der Waals surface area contributed by atoms with Gasteiger partial charge in [-0.1, -0.05) is 12.1 Å². The molecule has 0 radical (unpaired) electrons. The van der Waals surface area contributed by atoms with E-state index in [1.807, 2.05) is 36.1 Å². The lowest BCUT2D eigenvalue weighted by Crippen LogP contribution is -2.53. The zero-order valence-electron chi connectivity index (χ0n) is 12.3. The SMILES string of the molecule is COc1ccc(C(C)C(=O)N2CCNC[C@H]2C)cc1.Cl. The Bertz CT molecular complexity index is 436. The van der Waals surface area contributed by atoms with E-state index in [2.05, 4.69) is 12.2 Å². The number of hydrogen-bond donors (Lipinski definition) is 1. The van der Waals surface area contributed by atoms with Gasteiger partial charge in [0.25, 0.3) is 0 Å². The van der Waals surface area contributed by atoms with Crippen LogP contribution in [0.25, 0.3) is 0 Å². The van der Waals surface area contributed by atoms with Crippen molar-refractivity contribution in [1.29, 1.82) is 0 Å². The maximum atomic E-state index is 12.5. The zero-order valence-corrected chi connectivity index (χ0v) is 13.1. The largest absolute Gasteiger partial charge is 0.497 e. The predicted molar refractivity (Wildman–Crippen MR) is 82.7 cm³/mol. The molecule has 1 amide bonds. The summed E-state index contributed by atoms with van der Waals surface area (Å²) in [6.07, 6.45) is 0. The third-order valence-corrected chi connectivity index (χ3v) is 3.77. The summed E-state index contributed by atoms with van der Waals surface area (Å²) < 4.78 is 5.14. The molecule has 0 bridgehead atoms. The Morgan fingerprint density at radius 2 is 2.05 bits per heavy atom. The van der Waals surface area contributed by atoms with Gasteiger partial charge in [-0.25, -0.2) is 0 Å². The molecule has 1 fully saturated rings. The molecule has 2 atom stereocenters. The van der Waals surface area contributed by atoms with Crippen LogP contribution in [-0.4, -0.2) is 43.6 Å². The summed E-state index contributed by atoms with van der Waals surface area (Å²) >= 11 is 0. The number of piperazine rings is 1. The van der Waals surface area contributed by atoms with E-state index >= 15 is 0 Å². The summed E-state index contributed by atoms with van der Waals surface area (Å²) in [5.74, 6) is 0.921. The molecule has 0 aliphatic carbocycles. The average molecular weight is 299 g/mol. The van der Waals surface area contributed by atoms with Crippen molar-refractivity contribution < 1.29 is 9.53 Å². The van der Waals surface area contributed by atoms with E-state index in [1.165, 1.54) is 0 Å². The summed E-state index contributed by atoms with van der Waals surface area (Å²) in [7, 11) is 1.64. The van der Waals surface area contributed by atoms with E-state index < -0.39 is 0 Å². The first-order valence-corrected chi connectivity index (χ1v) is 6.78. The van der Waals surface area contributed by atoms with Gasteiger partial charge in [-0.3, -0.25) is 4.79 Å². The second-order valence-corrected chi connectivity index (χ2v) is 5.08. The monoisotopic (exact) mass is 298 g/mol. The van der Waals surface area contributed by atoms with Crippen LogP contribution in [0.15, 0.2) is 24.3 Å². The highest BCUT2D eigenvalue weighted by Gasteiger charge is 2.27. The van der Waals surface area contributed by atoms with Crippen LogP contribution in [0.4, 0.5) is 0 Å². The standard InChI is InChI=1S/C15H22N2O2.ClH/c1-11-10-16-8-9-17(11)15(18)12(2)13-4-6-14(19-3)7-5-13;/h4-7,11-12,16H,8-10H2,1-3H3;1H/t11-,12?;/m1./s1. The van der Waals surface area contributed by atoms with Crippen molar-refractivity contribution in [3.63, 3.8) is 0 Å². The smallest absolute Gasteiger partial charge is 0.230 e. The van der Waals surface area contributed by atoms with E-state index in [-0.39, 0.29) is 30.3 Å². The normalized spacial score (nSPS) is 19.9. The van der Waals surface area contributed by atoms with E-state index in [0.717, 1.165) is 30.9 Å². The number of carbonyl (C=O) groups is 1. The summed E-state index contributed by atoms with van der Waals surface area (Å²) in [5, 5.41) is 3.30. The molecule has 1 aliphatic rings. The lowest BCUT2D eigenvalue weighted by Gasteiger charge is -2.35. The molecule has 0 saturated carbocycles. The van der Waals surface area contributed by atoms with Gasteiger partial charge in [-0.05, 0) is 31.5 Å². The van der Waals surface area contributed by atoms with Crippen molar-refractivity contribution in [3.8, 4) is 5.75 Å². The number of nitrogens with one attached hydrogen (secondary N) is 1. The lowest BCUT2D eigenvalue weighted by molar-refractivity contribution is -0.135. The molecule has 0 spiro atoms. The van der Waals surface area contributed by atoms with Gasteiger partial charge in [0.1, 0.15) is 5.75 Å². The number of methoxy groups -OCH3 is 1. The number of carbonyl (C=O) groups excluding carboxylic acids is 1. The highest BCUT2D eigenvalue weighted by atomic mass is 35.5. The molecule has 1 aromatic carbocycles. The topological polar surface area (TPSA) is 41.6 Å². The molecule has 20 heavy (non-hydrogen) atoms. The van der Waals surface area contributed by atoms with Gasteiger partial charge < -0.3 is 15.0 Å². The molecule has 1 N–H and O–H groups in total. The minimum atomic E-state index is -0.105. The van der Waals surface area contributed by atoms with Crippen molar-refractivity contribution >= 4 is 18.3 Å². The van der Waals surface area contributed by atoms with Crippen molar-refractivity contribution in [2.45, 2.75) is 25.8 Å². The predicted octanol–water partition coefficient (Wildman–Crippen LogP) is 2.04. The van der Waals surface area contributed by atoms with Gasteiger partial charge in [0.2, 0.25) is 5.91 Å². The molecule has 112 valence electrons. The Morgan fingerprint density at radius 3 is 2.60 bits per heavy atom. The molecule has 5 heteroatoms. The van der Waals surface area contributed by atoms with E-state index in [9.17, 15) is 4.79 Å². The maximum Gasteiger partial charge on any atom is 0.230 e. The number of rotatable bonds is 3. The zero-order chi connectivity index (χ0) is 13.8. The first-order chi connectivity index (χ1) is 9.13. The van der Waals surface area contributed by atoms with Crippen LogP contribution in [0.3, 0.4) is 0 Å². The first kappa shape index (κ1) is 16.8. The second-order valence-electron chi connectivity index (χ2n) is 5.08. The quantitative estimate of drug-likeness (QED) is 0.928. The average Bonchev–Trinajstić information content (AvgIpc) is 2.46. The third kappa shape index (κ3) is 3.64. The molecule has 1 aromatic rings.